The molecule has 3 aromatic rings. The average molecular weight is 364 g/mol. The van der Waals surface area contributed by atoms with Crippen LogP contribution in [0.25, 0.3) is 0 Å². The molecule has 0 saturated carbocycles. The van der Waals surface area contributed by atoms with Gasteiger partial charge in [0.2, 0.25) is 0 Å². The largest absolute Gasteiger partial charge is 0.370 e. The standard InChI is InChI=1S/C22H22ClN3/c1-17-8-11-20(14-22(17)23)25-24-15-18-9-12-21(13-10-18)26(2)16-19-6-4-3-5-7-19/h3-15,25H,16H2,1-2H3. The molecule has 0 amide bonds. The van der Waals surface area contributed by atoms with Crippen LogP contribution in [0.1, 0.15) is 16.7 Å². The van der Waals surface area contributed by atoms with E-state index in [-0.39, 0.29) is 0 Å². The summed E-state index contributed by atoms with van der Waals surface area (Å²) in [6, 6.07) is 24.6. The predicted octanol–water partition coefficient (Wildman–Crippen LogP) is 5.73. The lowest BCUT2D eigenvalue weighted by Gasteiger charge is -2.19. The number of aryl methyl sites for hydroxylation is 1. The number of halogens is 1. The van der Waals surface area contributed by atoms with Crippen LogP contribution in [-0.2, 0) is 6.54 Å². The van der Waals surface area contributed by atoms with Gasteiger partial charge < -0.3 is 4.90 Å². The van der Waals surface area contributed by atoms with Gasteiger partial charge >= 0.3 is 0 Å². The number of hydrazone groups is 1. The number of hydrogen-bond donors (Lipinski definition) is 1. The van der Waals surface area contributed by atoms with Crippen molar-refractivity contribution >= 4 is 29.2 Å². The molecule has 0 bridgehead atoms. The van der Waals surface area contributed by atoms with Gasteiger partial charge in [-0.15, -0.1) is 0 Å². The van der Waals surface area contributed by atoms with Crippen molar-refractivity contribution in [2.45, 2.75) is 13.5 Å². The van der Waals surface area contributed by atoms with Crippen molar-refractivity contribution in [3.8, 4) is 0 Å². The van der Waals surface area contributed by atoms with Gasteiger partial charge in [-0.25, -0.2) is 0 Å². The van der Waals surface area contributed by atoms with E-state index in [4.69, 9.17) is 11.6 Å². The summed E-state index contributed by atoms with van der Waals surface area (Å²) in [4.78, 5) is 2.23. The maximum absolute atomic E-state index is 6.12. The summed E-state index contributed by atoms with van der Waals surface area (Å²) in [6.07, 6.45) is 1.80. The van der Waals surface area contributed by atoms with Gasteiger partial charge in [0.1, 0.15) is 0 Å². The van der Waals surface area contributed by atoms with Crippen LogP contribution in [-0.4, -0.2) is 13.3 Å². The smallest absolute Gasteiger partial charge is 0.0576 e. The second kappa shape index (κ2) is 8.54. The molecule has 0 saturated heterocycles. The predicted molar refractivity (Wildman–Crippen MR) is 112 cm³/mol. The first-order valence-corrected chi connectivity index (χ1v) is 8.90. The molecule has 0 aliphatic rings. The Hall–Kier alpha value is -2.78. The highest BCUT2D eigenvalue weighted by atomic mass is 35.5. The van der Waals surface area contributed by atoms with E-state index < -0.39 is 0 Å². The lowest BCUT2D eigenvalue weighted by molar-refractivity contribution is 0.923. The molecule has 0 radical (unpaired) electrons. The zero-order valence-corrected chi connectivity index (χ0v) is 15.7. The summed E-state index contributed by atoms with van der Waals surface area (Å²) in [5, 5.41) is 5.01. The van der Waals surface area contributed by atoms with E-state index in [2.05, 4.69) is 71.0 Å². The maximum Gasteiger partial charge on any atom is 0.0576 e. The van der Waals surface area contributed by atoms with Gasteiger partial charge in [0, 0.05) is 24.3 Å². The Morgan fingerprint density at radius 3 is 2.42 bits per heavy atom. The number of hydrogen-bond acceptors (Lipinski definition) is 3. The molecule has 0 atom stereocenters. The van der Waals surface area contributed by atoms with Gasteiger partial charge in [-0.1, -0.05) is 60.1 Å². The zero-order valence-electron chi connectivity index (χ0n) is 15.0. The highest BCUT2D eigenvalue weighted by Gasteiger charge is 2.02. The fourth-order valence-corrected chi connectivity index (χ4v) is 2.79. The molecule has 0 spiro atoms. The fourth-order valence-electron chi connectivity index (χ4n) is 2.61. The molecule has 0 aromatic heterocycles. The third-order valence-electron chi connectivity index (χ3n) is 4.18. The molecule has 0 unspecified atom stereocenters. The number of nitrogens with one attached hydrogen (secondary N) is 1. The van der Waals surface area contributed by atoms with E-state index in [1.165, 1.54) is 11.3 Å². The van der Waals surface area contributed by atoms with Crippen molar-refractivity contribution in [3.63, 3.8) is 0 Å². The van der Waals surface area contributed by atoms with Crippen LogP contribution in [0.5, 0.6) is 0 Å². The monoisotopic (exact) mass is 363 g/mol. The van der Waals surface area contributed by atoms with E-state index in [1.807, 2.05) is 31.2 Å². The van der Waals surface area contributed by atoms with Crippen LogP contribution < -0.4 is 10.3 Å². The van der Waals surface area contributed by atoms with Crippen molar-refractivity contribution < 1.29 is 0 Å². The van der Waals surface area contributed by atoms with Gasteiger partial charge in [-0.3, -0.25) is 5.43 Å². The number of anilines is 2. The Kier molecular flexibility index (Phi) is 5.92. The van der Waals surface area contributed by atoms with E-state index in [1.54, 1.807) is 6.21 Å². The highest BCUT2D eigenvalue weighted by molar-refractivity contribution is 6.31. The normalized spacial score (nSPS) is 10.9. The van der Waals surface area contributed by atoms with Crippen molar-refractivity contribution in [3.05, 3.63) is 94.5 Å². The van der Waals surface area contributed by atoms with E-state index in [9.17, 15) is 0 Å². The van der Waals surface area contributed by atoms with E-state index in [0.717, 1.165) is 28.4 Å². The lowest BCUT2D eigenvalue weighted by Crippen LogP contribution is -2.16. The summed E-state index contributed by atoms with van der Waals surface area (Å²) in [5.41, 5.74) is 8.43. The van der Waals surface area contributed by atoms with Crippen molar-refractivity contribution in [2.75, 3.05) is 17.4 Å². The first kappa shape index (κ1) is 18.0. The van der Waals surface area contributed by atoms with Gasteiger partial charge in [-0.05, 0) is 47.9 Å². The minimum absolute atomic E-state index is 0.732. The molecular formula is C22H22ClN3. The second-order valence-corrected chi connectivity index (χ2v) is 6.67. The molecule has 132 valence electrons. The van der Waals surface area contributed by atoms with E-state index >= 15 is 0 Å². The number of nitrogens with zero attached hydrogens (tertiary/aromatic N) is 2. The van der Waals surface area contributed by atoms with Gasteiger partial charge in [0.05, 0.1) is 11.9 Å². The third-order valence-corrected chi connectivity index (χ3v) is 4.58. The number of rotatable bonds is 6. The molecular weight excluding hydrogens is 342 g/mol. The van der Waals surface area contributed by atoms with Crippen LogP contribution >= 0.6 is 11.6 Å². The fraction of sp³-hybridized carbons (Fsp3) is 0.136. The molecule has 0 aliphatic carbocycles. The molecule has 3 aromatic carbocycles. The molecule has 0 aliphatic heterocycles. The lowest BCUT2D eigenvalue weighted by atomic mass is 10.2. The molecule has 0 heterocycles. The van der Waals surface area contributed by atoms with Crippen molar-refractivity contribution in [1.82, 2.24) is 0 Å². The Morgan fingerprint density at radius 2 is 1.73 bits per heavy atom. The Morgan fingerprint density at radius 1 is 1.00 bits per heavy atom. The molecule has 1 N–H and O–H groups in total. The average Bonchev–Trinajstić information content (AvgIpc) is 2.66. The summed E-state index contributed by atoms with van der Waals surface area (Å²) in [6.45, 7) is 2.86. The second-order valence-electron chi connectivity index (χ2n) is 6.27. The van der Waals surface area contributed by atoms with Gasteiger partial charge in [-0.2, -0.15) is 5.10 Å². The third kappa shape index (κ3) is 4.87. The first-order chi connectivity index (χ1) is 12.6. The summed E-state index contributed by atoms with van der Waals surface area (Å²) in [5.74, 6) is 0. The quantitative estimate of drug-likeness (QED) is 0.447. The van der Waals surface area contributed by atoms with Crippen LogP contribution in [0.15, 0.2) is 77.9 Å². The first-order valence-electron chi connectivity index (χ1n) is 8.52. The molecule has 3 rings (SSSR count). The topological polar surface area (TPSA) is 27.6 Å². The van der Waals surface area contributed by atoms with Crippen molar-refractivity contribution in [2.24, 2.45) is 5.10 Å². The van der Waals surface area contributed by atoms with E-state index in [0.29, 0.717) is 0 Å². The van der Waals surface area contributed by atoms with Crippen molar-refractivity contribution in [1.29, 1.82) is 0 Å². The Bertz CT molecular complexity index is 874. The molecule has 26 heavy (non-hydrogen) atoms. The van der Waals surface area contributed by atoms with Gasteiger partial charge in [0.15, 0.2) is 0 Å². The Balaban J connectivity index is 1.59. The summed E-state index contributed by atoms with van der Waals surface area (Å²) >= 11 is 6.12. The SMILES string of the molecule is Cc1ccc(NN=Cc2ccc(N(C)Cc3ccccc3)cc2)cc1Cl. The van der Waals surface area contributed by atoms with Crippen LogP contribution in [0.2, 0.25) is 5.02 Å². The van der Waals surface area contributed by atoms with Crippen LogP contribution in [0.3, 0.4) is 0 Å². The van der Waals surface area contributed by atoms with Crippen LogP contribution in [0.4, 0.5) is 11.4 Å². The minimum Gasteiger partial charge on any atom is -0.370 e. The summed E-state index contributed by atoms with van der Waals surface area (Å²) in [7, 11) is 2.10. The number of benzene rings is 3. The molecule has 3 nitrogen and oxygen atoms in total. The van der Waals surface area contributed by atoms with Crippen LogP contribution in [0, 0.1) is 6.92 Å². The highest BCUT2D eigenvalue weighted by Crippen LogP contribution is 2.20. The summed E-state index contributed by atoms with van der Waals surface area (Å²) < 4.78 is 0. The minimum atomic E-state index is 0.732. The molecule has 4 heteroatoms. The van der Waals surface area contributed by atoms with Gasteiger partial charge in [0.25, 0.3) is 0 Å². The molecule has 0 fully saturated rings. The Labute approximate surface area is 159 Å². The zero-order chi connectivity index (χ0) is 18.4. The maximum atomic E-state index is 6.12.